The average Bonchev–Trinajstić information content (AvgIpc) is 2.83. The van der Waals surface area contributed by atoms with E-state index in [-0.39, 0.29) is 17.8 Å². The maximum absolute atomic E-state index is 11.9. The van der Waals surface area contributed by atoms with Crippen molar-refractivity contribution in [1.82, 2.24) is 4.90 Å². The van der Waals surface area contributed by atoms with Gasteiger partial charge in [-0.15, -0.1) is 0 Å². The van der Waals surface area contributed by atoms with E-state index >= 15 is 0 Å². The molecule has 1 unspecified atom stereocenters. The van der Waals surface area contributed by atoms with Crippen molar-refractivity contribution in [2.75, 3.05) is 20.3 Å². The van der Waals surface area contributed by atoms with E-state index in [1.54, 1.807) is 6.07 Å². The van der Waals surface area contributed by atoms with Gasteiger partial charge in [0.15, 0.2) is 11.5 Å². The first-order valence-electron chi connectivity index (χ1n) is 8.38. The molecule has 3 rings (SSSR count). The average molecular weight is 341 g/mol. The predicted molar refractivity (Wildman–Crippen MR) is 95.7 cm³/mol. The van der Waals surface area contributed by atoms with Gasteiger partial charge in [0, 0.05) is 18.7 Å². The molecule has 1 N–H and O–H groups in total. The van der Waals surface area contributed by atoms with Gasteiger partial charge in [0.2, 0.25) is 0 Å². The number of benzene rings is 2. The molecule has 0 aromatic heterocycles. The lowest BCUT2D eigenvalue weighted by Gasteiger charge is -2.24. The summed E-state index contributed by atoms with van der Waals surface area (Å²) in [6, 6.07) is 11.4. The molecule has 2 aromatic carbocycles. The van der Waals surface area contributed by atoms with Gasteiger partial charge in [-0.3, -0.25) is 9.69 Å². The molecule has 0 bridgehead atoms. The Morgan fingerprint density at radius 2 is 2.08 bits per heavy atom. The molecule has 0 spiro atoms. The summed E-state index contributed by atoms with van der Waals surface area (Å²) in [6.07, 6.45) is 0. The van der Waals surface area contributed by atoms with E-state index in [4.69, 9.17) is 9.47 Å². The minimum atomic E-state index is -0.371. The standard InChI is InChI=1S/C20H23NO4/c1-13-6-4-5-7-17(13)15-10-16-12-21(14(2)20(23)24-3)8-9-25-19(16)18(22)11-15/h4-7,10-11,14,22H,8-9,12H2,1-3H3. The van der Waals surface area contributed by atoms with Crippen LogP contribution >= 0.6 is 0 Å². The highest BCUT2D eigenvalue weighted by atomic mass is 16.5. The van der Waals surface area contributed by atoms with Crippen molar-refractivity contribution in [1.29, 1.82) is 0 Å². The highest BCUT2D eigenvalue weighted by Crippen LogP contribution is 2.38. The van der Waals surface area contributed by atoms with Crippen molar-refractivity contribution < 1.29 is 19.4 Å². The van der Waals surface area contributed by atoms with Crippen LogP contribution in [-0.4, -0.2) is 42.3 Å². The third kappa shape index (κ3) is 3.46. The maximum Gasteiger partial charge on any atom is 0.322 e. The quantitative estimate of drug-likeness (QED) is 0.869. The molecule has 0 radical (unpaired) electrons. The Kier molecular flexibility index (Phi) is 4.95. The SMILES string of the molecule is COC(=O)C(C)N1CCOc2c(O)cc(-c3ccccc3C)cc2C1. The van der Waals surface area contributed by atoms with Gasteiger partial charge in [-0.1, -0.05) is 24.3 Å². The molecule has 0 saturated carbocycles. The first kappa shape index (κ1) is 17.3. The fourth-order valence-corrected chi connectivity index (χ4v) is 3.22. The van der Waals surface area contributed by atoms with E-state index < -0.39 is 0 Å². The van der Waals surface area contributed by atoms with E-state index in [0.29, 0.717) is 25.4 Å². The molecule has 0 fully saturated rings. The number of esters is 1. The number of rotatable bonds is 3. The van der Waals surface area contributed by atoms with Crippen molar-refractivity contribution in [2.24, 2.45) is 0 Å². The molecule has 1 aliphatic heterocycles. The van der Waals surface area contributed by atoms with Crippen LogP contribution in [0.5, 0.6) is 11.5 Å². The van der Waals surface area contributed by atoms with Gasteiger partial charge in [0.1, 0.15) is 12.6 Å². The summed E-state index contributed by atoms with van der Waals surface area (Å²) in [6.45, 7) is 5.37. The van der Waals surface area contributed by atoms with Gasteiger partial charge in [0.25, 0.3) is 0 Å². The monoisotopic (exact) mass is 341 g/mol. The van der Waals surface area contributed by atoms with Crippen molar-refractivity contribution in [2.45, 2.75) is 26.4 Å². The van der Waals surface area contributed by atoms with Gasteiger partial charge in [-0.2, -0.15) is 0 Å². The van der Waals surface area contributed by atoms with E-state index in [1.165, 1.54) is 7.11 Å². The topological polar surface area (TPSA) is 59.0 Å². The van der Waals surface area contributed by atoms with Gasteiger partial charge < -0.3 is 14.6 Å². The van der Waals surface area contributed by atoms with Crippen LogP contribution in [0.4, 0.5) is 0 Å². The number of aromatic hydroxyl groups is 1. The van der Waals surface area contributed by atoms with Crippen LogP contribution in [0.15, 0.2) is 36.4 Å². The molecule has 1 heterocycles. The minimum Gasteiger partial charge on any atom is -0.504 e. The van der Waals surface area contributed by atoms with Crippen molar-refractivity contribution in [3.05, 3.63) is 47.5 Å². The molecule has 5 nitrogen and oxygen atoms in total. The number of methoxy groups -OCH3 is 1. The van der Waals surface area contributed by atoms with Gasteiger partial charge in [-0.05, 0) is 42.7 Å². The van der Waals surface area contributed by atoms with Gasteiger partial charge in [0.05, 0.1) is 7.11 Å². The number of hydrogen-bond acceptors (Lipinski definition) is 5. The minimum absolute atomic E-state index is 0.128. The normalized spacial score (nSPS) is 15.6. The number of phenols is 1. The molecule has 1 aliphatic rings. The predicted octanol–water partition coefficient (Wildman–Crippen LogP) is 3.12. The third-order valence-corrected chi connectivity index (χ3v) is 4.69. The fraction of sp³-hybridized carbons (Fsp3) is 0.350. The second-order valence-electron chi connectivity index (χ2n) is 6.32. The summed E-state index contributed by atoms with van der Waals surface area (Å²) >= 11 is 0. The van der Waals surface area contributed by atoms with Crippen LogP contribution in [0.1, 0.15) is 18.1 Å². The molecule has 0 amide bonds. The molecule has 2 aromatic rings. The van der Waals surface area contributed by atoms with Gasteiger partial charge in [-0.25, -0.2) is 0 Å². The van der Waals surface area contributed by atoms with E-state index in [0.717, 1.165) is 22.3 Å². The summed E-state index contributed by atoms with van der Waals surface area (Å²) in [5, 5.41) is 10.5. The second-order valence-corrected chi connectivity index (χ2v) is 6.32. The highest BCUT2D eigenvalue weighted by Gasteiger charge is 2.27. The smallest absolute Gasteiger partial charge is 0.322 e. The molecule has 5 heteroatoms. The first-order valence-corrected chi connectivity index (χ1v) is 8.38. The third-order valence-electron chi connectivity index (χ3n) is 4.69. The van der Waals surface area contributed by atoms with Crippen molar-refractivity contribution in [3.63, 3.8) is 0 Å². The van der Waals surface area contributed by atoms with Crippen LogP contribution < -0.4 is 4.74 Å². The molecule has 25 heavy (non-hydrogen) atoms. The number of aryl methyl sites for hydroxylation is 1. The van der Waals surface area contributed by atoms with Gasteiger partial charge >= 0.3 is 5.97 Å². The Hall–Kier alpha value is -2.53. The lowest BCUT2D eigenvalue weighted by molar-refractivity contribution is -0.146. The summed E-state index contributed by atoms with van der Waals surface area (Å²) in [5.74, 6) is 0.350. The maximum atomic E-state index is 11.9. The molecular formula is C20H23NO4. The Bertz CT molecular complexity index is 787. The number of hydrogen-bond donors (Lipinski definition) is 1. The van der Waals surface area contributed by atoms with Crippen LogP contribution in [0.25, 0.3) is 11.1 Å². The van der Waals surface area contributed by atoms with Crippen LogP contribution in [0.2, 0.25) is 0 Å². The van der Waals surface area contributed by atoms with Crippen molar-refractivity contribution >= 4 is 5.97 Å². The largest absolute Gasteiger partial charge is 0.504 e. The number of carbonyl (C=O) groups excluding carboxylic acids is 1. The number of fused-ring (bicyclic) bond motifs is 1. The Balaban J connectivity index is 1.99. The van der Waals surface area contributed by atoms with Crippen molar-refractivity contribution in [3.8, 4) is 22.6 Å². The molecule has 0 aliphatic carbocycles. The van der Waals surface area contributed by atoms with Crippen LogP contribution in [-0.2, 0) is 16.1 Å². The lowest BCUT2D eigenvalue weighted by atomic mass is 9.97. The van der Waals surface area contributed by atoms with Crippen LogP contribution in [0.3, 0.4) is 0 Å². The highest BCUT2D eigenvalue weighted by molar-refractivity contribution is 5.75. The van der Waals surface area contributed by atoms with Crippen LogP contribution in [0, 0.1) is 6.92 Å². The number of carbonyl (C=O) groups is 1. The van der Waals surface area contributed by atoms with E-state index in [2.05, 4.69) is 0 Å². The number of nitrogens with zero attached hydrogens (tertiary/aromatic N) is 1. The zero-order valence-electron chi connectivity index (χ0n) is 14.8. The first-order chi connectivity index (χ1) is 12.0. The Labute approximate surface area is 147 Å². The number of phenolic OH excluding ortho intramolecular Hbond substituents is 1. The molecular weight excluding hydrogens is 318 g/mol. The summed E-state index contributed by atoms with van der Waals surface area (Å²) < 4.78 is 10.6. The molecule has 1 atom stereocenters. The molecule has 132 valence electrons. The molecule has 0 saturated heterocycles. The lowest BCUT2D eigenvalue weighted by Crippen LogP contribution is -2.40. The second kappa shape index (κ2) is 7.15. The number of ether oxygens (including phenoxy) is 2. The summed E-state index contributed by atoms with van der Waals surface area (Å²) in [4.78, 5) is 13.9. The Morgan fingerprint density at radius 1 is 1.32 bits per heavy atom. The fourth-order valence-electron chi connectivity index (χ4n) is 3.22. The zero-order valence-corrected chi connectivity index (χ0v) is 14.8. The van der Waals surface area contributed by atoms with E-state index in [1.807, 2.05) is 49.1 Å². The summed E-state index contributed by atoms with van der Waals surface area (Å²) in [5.41, 5.74) is 4.01. The Morgan fingerprint density at radius 3 is 2.80 bits per heavy atom. The summed E-state index contributed by atoms with van der Waals surface area (Å²) in [7, 11) is 1.39. The van der Waals surface area contributed by atoms with E-state index in [9.17, 15) is 9.90 Å². The zero-order chi connectivity index (χ0) is 18.0.